The molecule has 0 saturated carbocycles. The van der Waals surface area contributed by atoms with Crippen LogP contribution in [-0.4, -0.2) is 38.1 Å². The number of aryl methyl sites for hydroxylation is 1. The number of anilines is 1. The summed E-state index contributed by atoms with van der Waals surface area (Å²) in [5, 5.41) is 6.25. The number of hydrogen-bond acceptors (Lipinski definition) is 3. The first-order valence-corrected chi connectivity index (χ1v) is 7.53. The predicted molar refractivity (Wildman–Crippen MR) is 83.1 cm³/mol. The molecule has 2 rings (SSSR count). The van der Waals surface area contributed by atoms with Crippen molar-refractivity contribution in [2.75, 3.05) is 31.1 Å². The summed E-state index contributed by atoms with van der Waals surface area (Å²) in [6.07, 6.45) is 2.06. The van der Waals surface area contributed by atoms with E-state index in [-0.39, 0.29) is 11.9 Å². The highest BCUT2D eigenvalue weighted by atomic mass is 16.2. The fraction of sp³-hybridized carbons (Fsp3) is 0.562. The van der Waals surface area contributed by atoms with Gasteiger partial charge < -0.3 is 15.5 Å². The maximum absolute atomic E-state index is 11.9. The minimum atomic E-state index is 0.0176. The predicted octanol–water partition coefficient (Wildman–Crippen LogP) is 1.69. The summed E-state index contributed by atoms with van der Waals surface area (Å²) in [5.74, 6) is 0.141. The SMILES string of the molecule is CCN(CCNC(=O)C1CCCN1)c1cccc(C)c1. The van der Waals surface area contributed by atoms with Gasteiger partial charge >= 0.3 is 0 Å². The van der Waals surface area contributed by atoms with E-state index in [1.54, 1.807) is 0 Å². The summed E-state index contributed by atoms with van der Waals surface area (Å²) in [7, 11) is 0. The molecule has 0 aliphatic carbocycles. The molecule has 4 nitrogen and oxygen atoms in total. The van der Waals surface area contributed by atoms with E-state index >= 15 is 0 Å². The van der Waals surface area contributed by atoms with Gasteiger partial charge in [-0.1, -0.05) is 12.1 Å². The number of rotatable bonds is 6. The third-order valence-electron chi connectivity index (χ3n) is 3.81. The normalized spacial score (nSPS) is 18.0. The Kier molecular flexibility index (Phi) is 5.41. The number of nitrogens with one attached hydrogen (secondary N) is 2. The maximum Gasteiger partial charge on any atom is 0.237 e. The molecule has 20 heavy (non-hydrogen) atoms. The quantitative estimate of drug-likeness (QED) is 0.830. The van der Waals surface area contributed by atoms with Gasteiger partial charge in [-0.3, -0.25) is 4.79 Å². The van der Waals surface area contributed by atoms with Gasteiger partial charge in [-0.2, -0.15) is 0 Å². The maximum atomic E-state index is 11.9. The lowest BCUT2D eigenvalue weighted by atomic mass is 10.2. The third-order valence-corrected chi connectivity index (χ3v) is 3.81. The first-order valence-electron chi connectivity index (χ1n) is 7.53. The lowest BCUT2D eigenvalue weighted by molar-refractivity contribution is -0.122. The van der Waals surface area contributed by atoms with E-state index in [1.807, 2.05) is 0 Å². The minimum absolute atomic E-state index is 0.0176. The largest absolute Gasteiger partial charge is 0.370 e. The van der Waals surface area contributed by atoms with Crippen LogP contribution < -0.4 is 15.5 Å². The number of amides is 1. The first kappa shape index (κ1) is 14.9. The Labute approximate surface area is 121 Å². The highest BCUT2D eigenvalue weighted by molar-refractivity contribution is 5.82. The van der Waals surface area contributed by atoms with Crippen LogP contribution in [0.15, 0.2) is 24.3 Å². The molecule has 1 unspecified atom stereocenters. The molecule has 1 aliphatic rings. The zero-order chi connectivity index (χ0) is 14.4. The van der Waals surface area contributed by atoms with Gasteiger partial charge in [-0.25, -0.2) is 0 Å². The Morgan fingerprint density at radius 3 is 3.00 bits per heavy atom. The molecular weight excluding hydrogens is 250 g/mol. The van der Waals surface area contributed by atoms with Gasteiger partial charge in [-0.15, -0.1) is 0 Å². The summed E-state index contributed by atoms with van der Waals surface area (Å²) in [4.78, 5) is 14.2. The number of likely N-dealkylation sites (N-methyl/N-ethyl adjacent to an activating group) is 1. The molecule has 0 radical (unpaired) electrons. The lowest BCUT2D eigenvalue weighted by Gasteiger charge is -2.24. The summed E-state index contributed by atoms with van der Waals surface area (Å²) in [6.45, 7) is 7.69. The fourth-order valence-electron chi connectivity index (χ4n) is 2.64. The standard InChI is InChI=1S/C16H25N3O/c1-3-19(14-7-4-6-13(2)12-14)11-10-18-16(20)15-8-5-9-17-15/h4,6-7,12,15,17H,3,5,8-11H2,1-2H3,(H,18,20). The van der Waals surface area contributed by atoms with Crippen LogP contribution in [0.3, 0.4) is 0 Å². The van der Waals surface area contributed by atoms with Crippen LogP contribution in [0.5, 0.6) is 0 Å². The Balaban J connectivity index is 1.80. The topological polar surface area (TPSA) is 44.4 Å². The second-order valence-corrected chi connectivity index (χ2v) is 5.36. The monoisotopic (exact) mass is 275 g/mol. The summed E-state index contributed by atoms with van der Waals surface area (Å²) in [5.41, 5.74) is 2.49. The van der Waals surface area contributed by atoms with Crippen molar-refractivity contribution in [1.29, 1.82) is 0 Å². The van der Waals surface area contributed by atoms with Gasteiger partial charge in [0.2, 0.25) is 5.91 Å². The highest BCUT2D eigenvalue weighted by Gasteiger charge is 2.21. The molecule has 1 aromatic carbocycles. The van der Waals surface area contributed by atoms with Gasteiger partial charge in [0.15, 0.2) is 0 Å². The average molecular weight is 275 g/mol. The molecule has 1 aromatic rings. The Morgan fingerprint density at radius 2 is 2.35 bits per heavy atom. The molecule has 1 fully saturated rings. The Hall–Kier alpha value is -1.55. The Morgan fingerprint density at radius 1 is 1.50 bits per heavy atom. The van der Waals surface area contributed by atoms with E-state index in [9.17, 15) is 4.79 Å². The molecule has 0 spiro atoms. The van der Waals surface area contributed by atoms with Crippen LogP contribution in [0.2, 0.25) is 0 Å². The number of carbonyl (C=O) groups is 1. The van der Waals surface area contributed by atoms with Gasteiger partial charge in [0.1, 0.15) is 0 Å². The summed E-state index contributed by atoms with van der Waals surface area (Å²) >= 11 is 0. The molecule has 4 heteroatoms. The average Bonchev–Trinajstić information content (AvgIpc) is 2.97. The van der Waals surface area contributed by atoms with E-state index in [0.29, 0.717) is 6.54 Å². The van der Waals surface area contributed by atoms with E-state index in [1.165, 1.54) is 11.3 Å². The molecule has 0 bridgehead atoms. The van der Waals surface area contributed by atoms with Crippen molar-refractivity contribution < 1.29 is 4.79 Å². The summed E-state index contributed by atoms with van der Waals surface area (Å²) < 4.78 is 0. The molecule has 110 valence electrons. The summed E-state index contributed by atoms with van der Waals surface area (Å²) in [6, 6.07) is 8.50. The van der Waals surface area contributed by atoms with Crippen molar-refractivity contribution in [3.63, 3.8) is 0 Å². The van der Waals surface area contributed by atoms with Crippen LogP contribution in [0.1, 0.15) is 25.3 Å². The second-order valence-electron chi connectivity index (χ2n) is 5.36. The lowest BCUT2D eigenvalue weighted by Crippen LogP contribution is -2.43. The smallest absolute Gasteiger partial charge is 0.237 e. The van der Waals surface area contributed by atoms with Gasteiger partial charge in [-0.05, 0) is 50.9 Å². The van der Waals surface area contributed by atoms with Crippen LogP contribution in [0.25, 0.3) is 0 Å². The fourth-order valence-corrected chi connectivity index (χ4v) is 2.64. The number of hydrogen-bond donors (Lipinski definition) is 2. The highest BCUT2D eigenvalue weighted by Crippen LogP contribution is 2.15. The van der Waals surface area contributed by atoms with E-state index in [0.717, 1.165) is 32.5 Å². The molecular formula is C16H25N3O. The molecule has 1 aliphatic heterocycles. The first-order chi connectivity index (χ1) is 9.70. The van der Waals surface area contributed by atoms with Crippen molar-refractivity contribution in [2.24, 2.45) is 0 Å². The van der Waals surface area contributed by atoms with Crippen LogP contribution in [0, 0.1) is 6.92 Å². The van der Waals surface area contributed by atoms with E-state index in [2.05, 4.69) is 53.6 Å². The van der Waals surface area contributed by atoms with Crippen LogP contribution >= 0.6 is 0 Å². The number of nitrogens with zero attached hydrogens (tertiary/aromatic N) is 1. The third kappa shape index (κ3) is 3.97. The van der Waals surface area contributed by atoms with Crippen LogP contribution in [-0.2, 0) is 4.79 Å². The van der Waals surface area contributed by atoms with Gasteiger partial charge in [0, 0.05) is 25.3 Å². The number of carbonyl (C=O) groups excluding carboxylic acids is 1. The molecule has 2 N–H and O–H groups in total. The minimum Gasteiger partial charge on any atom is -0.370 e. The van der Waals surface area contributed by atoms with Gasteiger partial charge in [0.25, 0.3) is 0 Å². The zero-order valence-corrected chi connectivity index (χ0v) is 12.5. The molecule has 1 atom stereocenters. The van der Waals surface area contributed by atoms with Crippen molar-refractivity contribution in [3.05, 3.63) is 29.8 Å². The molecule has 0 aromatic heterocycles. The zero-order valence-electron chi connectivity index (χ0n) is 12.5. The van der Waals surface area contributed by atoms with Crippen LogP contribution in [0.4, 0.5) is 5.69 Å². The van der Waals surface area contributed by atoms with Crippen molar-refractivity contribution in [2.45, 2.75) is 32.7 Å². The molecule has 1 saturated heterocycles. The van der Waals surface area contributed by atoms with Gasteiger partial charge in [0.05, 0.1) is 6.04 Å². The van der Waals surface area contributed by atoms with E-state index in [4.69, 9.17) is 0 Å². The molecule has 1 heterocycles. The second kappa shape index (κ2) is 7.29. The number of benzene rings is 1. The van der Waals surface area contributed by atoms with Crippen molar-refractivity contribution >= 4 is 11.6 Å². The van der Waals surface area contributed by atoms with E-state index < -0.39 is 0 Å². The van der Waals surface area contributed by atoms with Crippen molar-refractivity contribution in [1.82, 2.24) is 10.6 Å². The van der Waals surface area contributed by atoms with Crippen molar-refractivity contribution in [3.8, 4) is 0 Å². The Bertz CT molecular complexity index is 441. The molecule has 1 amide bonds.